The molecule has 4 rings (SSSR count). The summed E-state index contributed by atoms with van der Waals surface area (Å²) >= 11 is 0. The highest BCUT2D eigenvalue weighted by molar-refractivity contribution is 4.96. The fraction of sp³-hybridized carbons (Fsp3) is 1.00. The summed E-state index contributed by atoms with van der Waals surface area (Å²) in [4.78, 5) is 0. The summed E-state index contributed by atoms with van der Waals surface area (Å²) < 4.78 is 37.5. The zero-order chi connectivity index (χ0) is 33.3. The van der Waals surface area contributed by atoms with Crippen LogP contribution in [0, 0.1) is 0 Å². The van der Waals surface area contributed by atoms with Crippen molar-refractivity contribution in [2.45, 2.75) is 123 Å². The second-order valence-corrected chi connectivity index (χ2v) is 11.2. The second-order valence-electron chi connectivity index (χ2n) is 11.2. The molecular formula is C24H42O21. The number of aliphatic hydroxyl groups is 14. The highest BCUT2D eigenvalue weighted by atomic mass is 16.8. The van der Waals surface area contributed by atoms with Crippen LogP contribution in [0.15, 0.2) is 0 Å². The lowest BCUT2D eigenvalue weighted by Gasteiger charge is -2.48. The Hall–Kier alpha value is -0.840. The molecule has 21 heteroatoms. The lowest BCUT2D eigenvalue weighted by Crippen LogP contribution is -2.66. The minimum atomic E-state index is -2.00. The molecule has 45 heavy (non-hydrogen) atoms. The Balaban J connectivity index is 1.41. The molecule has 4 heterocycles. The molecular weight excluding hydrogens is 624 g/mol. The Morgan fingerprint density at radius 1 is 0.378 bits per heavy atom. The molecule has 0 radical (unpaired) electrons. The van der Waals surface area contributed by atoms with E-state index in [4.69, 9.17) is 33.2 Å². The number of hydrogen-bond acceptors (Lipinski definition) is 21. The molecule has 0 unspecified atom stereocenters. The van der Waals surface area contributed by atoms with E-state index in [0.29, 0.717) is 0 Å². The molecule has 4 aliphatic heterocycles. The van der Waals surface area contributed by atoms with Gasteiger partial charge < -0.3 is 105 Å². The van der Waals surface area contributed by atoms with Crippen LogP contribution in [0.25, 0.3) is 0 Å². The molecule has 4 fully saturated rings. The Bertz CT molecular complexity index is 912. The van der Waals surface area contributed by atoms with E-state index in [2.05, 4.69) is 0 Å². The van der Waals surface area contributed by atoms with E-state index in [1.54, 1.807) is 0 Å². The van der Waals surface area contributed by atoms with Gasteiger partial charge in [0, 0.05) is 0 Å². The minimum absolute atomic E-state index is 0.683. The van der Waals surface area contributed by atoms with Crippen molar-refractivity contribution in [3.63, 3.8) is 0 Å². The number of rotatable bonds is 10. The molecule has 0 bridgehead atoms. The molecule has 0 aromatic heterocycles. The van der Waals surface area contributed by atoms with Crippen LogP contribution in [0.2, 0.25) is 0 Å². The van der Waals surface area contributed by atoms with Crippen molar-refractivity contribution in [2.24, 2.45) is 0 Å². The normalized spacial score (nSPS) is 52.9. The van der Waals surface area contributed by atoms with Crippen molar-refractivity contribution in [3.8, 4) is 0 Å². The third-order valence-electron chi connectivity index (χ3n) is 8.18. The van der Waals surface area contributed by atoms with Crippen LogP contribution in [0.4, 0.5) is 0 Å². The maximum atomic E-state index is 10.9. The SMILES string of the molecule is OC[C@H]1O[C@@H](OC[C@H]2O[C@H](O[C@H]3[C@H](O)[C@@H](O)[C@@H](O[C@H]4[C@H](O)[C@@H](O)[C@@H](O)O[C@@H]4CO)O[C@@H]3CO)[C@H](O)[C@@H](O)[C@@H]2O)[C@H](O)[C@@H](O)[C@@H]1O. The number of ether oxygens (including phenoxy) is 7. The summed E-state index contributed by atoms with van der Waals surface area (Å²) in [7, 11) is 0. The van der Waals surface area contributed by atoms with E-state index in [0.717, 1.165) is 0 Å². The summed E-state index contributed by atoms with van der Waals surface area (Å²) in [6, 6.07) is 0. The Labute approximate surface area is 254 Å². The van der Waals surface area contributed by atoms with Crippen LogP contribution in [-0.4, -0.2) is 221 Å². The van der Waals surface area contributed by atoms with Gasteiger partial charge >= 0.3 is 0 Å². The lowest BCUT2D eigenvalue weighted by molar-refractivity contribution is -0.380. The summed E-state index contributed by atoms with van der Waals surface area (Å²) in [6.07, 6.45) is -35.0. The molecule has 0 saturated carbocycles. The Kier molecular flexibility index (Phi) is 12.8. The highest BCUT2D eigenvalue weighted by Crippen LogP contribution is 2.32. The van der Waals surface area contributed by atoms with Crippen LogP contribution in [0.1, 0.15) is 0 Å². The standard InChI is InChI=1S/C24H42O21/c25-1-5-9(28)11(30)16(35)22(41-5)39-4-8-10(29)12(31)17(36)23(43-8)45-20-7(3-27)42-24(18(37)14(20)33)44-19-6(2-26)40-21(38)15(34)13(19)32/h5-38H,1-4H2/t5-,6-,7-,8-,9-,10-,11+,12+,13-,14-,15-,16-,17-,18-,19-,20-,21+,22-,23-,24-/m1/s1. The molecule has 0 aromatic carbocycles. The molecule has 20 atom stereocenters. The van der Waals surface area contributed by atoms with E-state index in [1.807, 2.05) is 0 Å². The minimum Gasteiger partial charge on any atom is -0.394 e. The van der Waals surface area contributed by atoms with Gasteiger partial charge in [0.25, 0.3) is 0 Å². The first-order valence-corrected chi connectivity index (χ1v) is 14.1. The van der Waals surface area contributed by atoms with Gasteiger partial charge in [-0.05, 0) is 0 Å². The summed E-state index contributed by atoms with van der Waals surface area (Å²) in [5.41, 5.74) is 0. The van der Waals surface area contributed by atoms with Crippen LogP contribution >= 0.6 is 0 Å². The average Bonchev–Trinajstić information content (AvgIpc) is 3.03. The molecule has 14 N–H and O–H groups in total. The van der Waals surface area contributed by atoms with Crippen LogP contribution < -0.4 is 0 Å². The van der Waals surface area contributed by atoms with E-state index in [-0.39, 0.29) is 0 Å². The van der Waals surface area contributed by atoms with Crippen LogP contribution in [0.3, 0.4) is 0 Å². The fourth-order valence-electron chi connectivity index (χ4n) is 5.44. The quantitative estimate of drug-likeness (QED) is 0.103. The topological polar surface area (TPSA) is 348 Å². The van der Waals surface area contributed by atoms with E-state index in [1.165, 1.54) is 0 Å². The average molecular weight is 667 g/mol. The van der Waals surface area contributed by atoms with Crippen molar-refractivity contribution < 1.29 is 105 Å². The molecule has 0 aliphatic carbocycles. The Morgan fingerprint density at radius 3 is 1.31 bits per heavy atom. The molecule has 4 aliphatic rings. The highest BCUT2D eigenvalue weighted by Gasteiger charge is 2.53. The van der Waals surface area contributed by atoms with Gasteiger partial charge in [-0.1, -0.05) is 0 Å². The van der Waals surface area contributed by atoms with Crippen LogP contribution in [-0.2, 0) is 33.2 Å². The van der Waals surface area contributed by atoms with E-state index in [9.17, 15) is 71.5 Å². The third kappa shape index (κ3) is 7.59. The van der Waals surface area contributed by atoms with Crippen molar-refractivity contribution in [3.05, 3.63) is 0 Å². The van der Waals surface area contributed by atoms with Crippen molar-refractivity contribution in [1.29, 1.82) is 0 Å². The first-order valence-electron chi connectivity index (χ1n) is 14.1. The zero-order valence-corrected chi connectivity index (χ0v) is 23.5. The van der Waals surface area contributed by atoms with Crippen molar-refractivity contribution >= 4 is 0 Å². The maximum absolute atomic E-state index is 10.9. The molecule has 0 amide bonds. The predicted molar refractivity (Wildman–Crippen MR) is 134 cm³/mol. The van der Waals surface area contributed by atoms with E-state index >= 15 is 0 Å². The largest absolute Gasteiger partial charge is 0.394 e. The van der Waals surface area contributed by atoms with Gasteiger partial charge in [-0.2, -0.15) is 0 Å². The molecule has 21 nitrogen and oxygen atoms in total. The lowest BCUT2D eigenvalue weighted by atomic mass is 9.96. The number of aliphatic hydroxyl groups excluding tert-OH is 14. The zero-order valence-electron chi connectivity index (χ0n) is 23.5. The summed E-state index contributed by atoms with van der Waals surface area (Å²) in [5.74, 6) is 0. The molecule has 264 valence electrons. The van der Waals surface area contributed by atoms with Gasteiger partial charge in [0.05, 0.1) is 26.4 Å². The van der Waals surface area contributed by atoms with Gasteiger partial charge in [-0.3, -0.25) is 0 Å². The Morgan fingerprint density at radius 2 is 0.778 bits per heavy atom. The number of hydrogen-bond donors (Lipinski definition) is 14. The van der Waals surface area contributed by atoms with Crippen molar-refractivity contribution in [1.82, 2.24) is 0 Å². The molecule has 0 aromatic rings. The van der Waals surface area contributed by atoms with E-state index < -0.39 is 149 Å². The maximum Gasteiger partial charge on any atom is 0.187 e. The molecule has 4 saturated heterocycles. The monoisotopic (exact) mass is 666 g/mol. The van der Waals surface area contributed by atoms with Gasteiger partial charge in [0.15, 0.2) is 25.2 Å². The van der Waals surface area contributed by atoms with Gasteiger partial charge in [0.2, 0.25) is 0 Å². The summed E-state index contributed by atoms with van der Waals surface area (Å²) in [5, 5.41) is 142. The van der Waals surface area contributed by atoms with Gasteiger partial charge in [0.1, 0.15) is 97.7 Å². The van der Waals surface area contributed by atoms with Crippen LogP contribution in [0.5, 0.6) is 0 Å². The third-order valence-corrected chi connectivity index (χ3v) is 8.18. The second kappa shape index (κ2) is 15.6. The van der Waals surface area contributed by atoms with Gasteiger partial charge in [-0.25, -0.2) is 0 Å². The summed E-state index contributed by atoms with van der Waals surface area (Å²) in [6.45, 7) is -3.14. The first kappa shape index (κ1) is 37.0. The van der Waals surface area contributed by atoms with Gasteiger partial charge in [-0.15, -0.1) is 0 Å². The fourth-order valence-corrected chi connectivity index (χ4v) is 5.44. The first-order chi connectivity index (χ1) is 21.2. The predicted octanol–water partition coefficient (Wildman–Crippen LogP) is -9.75. The molecule has 0 spiro atoms. The van der Waals surface area contributed by atoms with Crippen molar-refractivity contribution in [2.75, 3.05) is 26.4 Å². The smallest absolute Gasteiger partial charge is 0.187 e.